The van der Waals surface area contributed by atoms with Crippen molar-refractivity contribution in [2.45, 2.75) is 0 Å². The van der Waals surface area contributed by atoms with Gasteiger partial charge in [0.15, 0.2) is 5.71 Å². The highest BCUT2D eigenvalue weighted by Gasteiger charge is 2.26. The molecule has 3 rings (SSSR count). The smallest absolute Gasteiger partial charge is 0.276 e. The molecule has 1 heterocycles. The van der Waals surface area contributed by atoms with E-state index in [-0.39, 0.29) is 11.6 Å². The number of ether oxygens (including phenoxy) is 1. The normalized spacial score (nSPS) is 14.3. The molecule has 0 fully saturated rings. The first kappa shape index (κ1) is 15.5. The van der Waals surface area contributed by atoms with E-state index in [1.165, 1.54) is 0 Å². The van der Waals surface area contributed by atoms with Crippen molar-refractivity contribution in [1.82, 2.24) is 5.43 Å². The lowest BCUT2D eigenvalue weighted by Crippen LogP contribution is -2.23. The first-order chi connectivity index (χ1) is 11.1. The fraction of sp³-hybridized carbons (Fsp3) is 0.0625. The van der Waals surface area contributed by atoms with Gasteiger partial charge in [-0.2, -0.15) is 5.10 Å². The number of methoxy groups -OCH3 is 1. The van der Waals surface area contributed by atoms with Gasteiger partial charge in [-0.1, -0.05) is 0 Å². The van der Waals surface area contributed by atoms with Crippen LogP contribution in [0.1, 0.15) is 15.9 Å². The largest absolute Gasteiger partial charge is 0.497 e. The van der Waals surface area contributed by atoms with Gasteiger partial charge in [0.2, 0.25) is 0 Å². The van der Waals surface area contributed by atoms with Crippen LogP contribution in [0.4, 0.5) is 5.69 Å². The van der Waals surface area contributed by atoms with Crippen LogP contribution in [0.15, 0.2) is 47.6 Å². The lowest BCUT2D eigenvalue weighted by atomic mass is 10.1. The van der Waals surface area contributed by atoms with Gasteiger partial charge in [-0.05, 0) is 65.1 Å². The second-order valence-electron chi connectivity index (χ2n) is 4.77. The maximum absolute atomic E-state index is 12.1. The van der Waals surface area contributed by atoms with Gasteiger partial charge in [0.05, 0.1) is 12.8 Å². The van der Waals surface area contributed by atoms with Crippen LogP contribution in [-0.2, 0) is 4.79 Å². The summed E-state index contributed by atoms with van der Waals surface area (Å²) in [6.45, 7) is 0. The Bertz CT molecular complexity index is 816. The first-order valence-electron chi connectivity index (χ1n) is 6.72. The molecule has 2 amide bonds. The summed E-state index contributed by atoms with van der Waals surface area (Å²) in [6, 6.07) is 12.2. The molecule has 2 aromatic rings. The summed E-state index contributed by atoms with van der Waals surface area (Å²) >= 11 is 2.15. The van der Waals surface area contributed by atoms with Gasteiger partial charge in [0.25, 0.3) is 11.8 Å². The van der Waals surface area contributed by atoms with E-state index in [0.29, 0.717) is 22.6 Å². The minimum atomic E-state index is -0.396. The van der Waals surface area contributed by atoms with E-state index < -0.39 is 5.91 Å². The summed E-state index contributed by atoms with van der Waals surface area (Å²) in [5.74, 6) is -0.0735. The van der Waals surface area contributed by atoms with Gasteiger partial charge in [-0.15, -0.1) is 0 Å². The molecule has 7 heteroatoms. The molecule has 0 aliphatic carbocycles. The topological polar surface area (TPSA) is 79.8 Å². The summed E-state index contributed by atoms with van der Waals surface area (Å²) < 4.78 is 6.02. The fourth-order valence-corrected chi connectivity index (χ4v) is 2.64. The molecular weight excluding hydrogens is 409 g/mol. The van der Waals surface area contributed by atoms with Crippen LogP contribution < -0.4 is 15.5 Å². The Morgan fingerprint density at radius 1 is 1.22 bits per heavy atom. The molecule has 0 bridgehead atoms. The first-order valence-corrected chi connectivity index (χ1v) is 7.79. The molecular formula is C16H12IN3O3. The Kier molecular flexibility index (Phi) is 4.28. The van der Waals surface area contributed by atoms with Crippen LogP contribution >= 0.6 is 22.6 Å². The Labute approximate surface area is 146 Å². The predicted molar refractivity (Wildman–Crippen MR) is 94.8 cm³/mol. The summed E-state index contributed by atoms with van der Waals surface area (Å²) in [4.78, 5) is 24.1. The van der Waals surface area contributed by atoms with Gasteiger partial charge >= 0.3 is 0 Å². The molecule has 0 saturated heterocycles. The highest BCUT2D eigenvalue weighted by molar-refractivity contribution is 14.1. The number of anilines is 1. The van der Waals surface area contributed by atoms with Crippen molar-refractivity contribution in [3.8, 4) is 5.75 Å². The van der Waals surface area contributed by atoms with Crippen LogP contribution in [-0.4, -0.2) is 24.6 Å². The number of nitrogens with one attached hydrogen (secondary N) is 2. The van der Waals surface area contributed by atoms with Crippen molar-refractivity contribution in [1.29, 1.82) is 0 Å². The van der Waals surface area contributed by atoms with Crippen molar-refractivity contribution >= 4 is 45.8 Å². The Balaban J connectivity index is 1.81. The van der Waals surface area contributed by atoms with Crippen molar-refractivity contribution < 1.29 is 14.3 Å². The van der Waals surface area contributed by atoms with Crippen molar-refractivity contribution in [2.24, 2.45) is 5.10 Å². The average molecular weight is 421 g/mol. The third-order valence-electron chi connectivity index (χ3n) is 3.32. The maximum atomic E-state index is 12.1. The third-order valence-corrected chi connectivity index (χ3v) is 3.99. The molecule has 0 radical (unpaired) electrons. The predicted octanol–water partition coefficient (Wildman–Crippen LogP) is 2.39. The van der Waals surface area contributed by atoms with E-state index in [1.807, 2.05) is 18.2 Å². The molecule has 0 spiro atoms. The summed E-state index contributed by atoms with van der Waals surface area (Å²) in [5, 5.41) is 6.69. The Morgan fingerprint density at radius 2 is 1.96 bits per heavy atom. The van der Waals surface area contributed by atoms with Crippen LogP contribution in [0.3, 0.4) is 0 Å². The summed E-state index contributed by atoms with van der Waals surface area (Å²) in [7, 11) is 1.55. The lowest BCUT2D eigenvalue weighted by molar-refractivity contribution is -0.110. The highest BCUT2D eigenvalue weighted by atomic mass is 127. The molecule has 0 atom stereocenters. The van der Waals surface area contributed by atoms with E-state index >= 15 is 0 Å². The molecule has 1 aliphatic rings. The third kappa shape index (κ3) is 3.19. The molecule has 0 unspecified atom stereocenters. The van der Waals surface area contributed by atoms with Crippen molar-refractivity contribution in [2.75, 3.05) is 12.4 Å². The quantitative estimate of drug-likeness (QED) is 0.590. The van der Waals surface area contributed by atoms with Gasteiger partial charge in [0, 0.05) is 14.7 Å². The second kappa shape index (κ2) is 6.37. The van der Waals surface area contributed by atoms with Crippen LogP contribution in [0.2, 0.25) is 0 Å². The van der Waals surface area contributed by atoms with Gasteiger partial charge in [0.1, 0.15) is 5.75 Å². The highest BCUT2D eigenvalue weighted by Crippen LogP contribution is 2.25. The zero-order valence-corrected chi connectivity index (χ0v) is 14.2. The Hall–Kier alpha value is -2.42. The molecule has 6 nitrogen and oxygen atoms in total. The molecule has 2 N–H and O–H groups in total. The molecule has 2 aromatic carbocycles. The van der Waals surface area contributed by atoms with E-state index in [2.05, 4.69) is 38.4 Å². The molecule has 116 valence electrons. The number of hydrogen-bond acceptors (Lipinski definition) is 4. The summed E-state index contributed by atoms with van der Waals surface area (Å²) in [6.07, 6.45) is 0. The summed E-state index contributed by atoms with van der Waals surface area (Å²) in [5.41, 5.74) is 4.40. The zero-order valence-electron chi connectivity index (χ0n) is 12.1. The molecule has 1 aliphatic heterocycles. The lowest BCUT2D eigenvalue weighted by Gasteiger charge is -2.03. The minimum Gasteiger partial charge on any atom is -0.497 e. The molecule has 23 heavy (non-hydrogen) atoms. The molecule has 0 aromatic heterocycles. The van der Waals surface area contributed by atoms with Gasteiger partial charge < -0.3 is 10.1 Å². The van der Waals surface area contributed by atoms with E-state index in [0.717, 1.165) is 3.57 Å². The number of hydrogen-bond donors (Lipinski definition) is 2. The number of benzene rings is 2. The number of carbonyl (C=O) groups excluding carboxylic acids is 2. The number of halogens is 1. The minimum absolute atomic E-state index is 0.195. The zero-order chi connectivity index (χ0) is 16.4. The monoisotopic (exact) mass is 421 g/mol. The van der Waals surface area contributed by atoms with Crippen LogP contribution in [0, 0.1) is 3.57 Å². The van der Waals surface area contributed by atoms with Crippen LogP contribution in [0.25, 0.3) is 0 Å². The number of rotatable bonds is 3. The van der Waals surface area contributed by atoms with E-state index in [9.17, 15) is 9.59 Å². The van der Waals surface area contributed by atoms with E-state index in [1.54, 1.807) is 31.4 Å². The number of nitrogens with zero attached hydrogens (tertiary/aromatic N) is 1. The van der Waals surface area contributed by atoms with Crippen molar-refractivity contribution in [3.05, 3.63) is 57.2 Å². The number of hydrazone groups is 1. The standard InChI is InChI=1S/C16H12IN3O3/c1-23-11-5-2-9(3-6-11)15(21)20-19-14-12-8-10(17)4-7-13(12)18-16(14)22/h2-8H,1H3,(H,20,21)(H,18,19,22). The number of fused-ring (bicyclic) bond motifs is 1. The number of amides is 2. The SMILES string of the molecule is COc1ccc(C(=O)N/N=C2/C(=O)Nc3ccc(I)cc32)cc1. The van der Waals surface area contributed by atoms with E-state index in [4.69, 9.17) is 4.74 Å². The van der Waals surface area contributed by atoms with Gasteiger partial charge in [-0.25, -0.2) is 5.43 Å². The Morgan fingerprint density at radius 3 is 2.65 bits per heavy atom. The maximum Gasteiger partial charge on any atom is 0.276 e. The van der Waals surface area contributed by atoms with Gasteiger partial charge in [-0.3, -0.25) is 9.59 Å². The fourth-order valence-electron chi connectivity index (χ4n) is 2.15. The number of carbonyl (C=O) groups is 2. The average Bonchev–Trinajstić information content (AvgIpc) is 2.87. The van der Waals surface area contributed by atoms with Crippen LogP contribution in [0.5, 0.6) is 5.75 Å². The second-order valence-corrected chi connectivity index (χ2v) is 6.02. The van der Waals surface area contributed by atoms with Crippen molar-refractivity contribution in [3.63, 3.8) is 0 Å². The molecule has 0 saturated carbocycles.